The molecule has 164 valence electrons. The van der Waals surface area contributed by atoms with Gasteiger partial charge in [-0.15, -0.1) is 0 Å². The Bertz CT molecular complexity index is 951. The van der Waals surface area contributed by atoms with E-state index >= 15 is 0 Å². The molecule has 0 unspecified atom stereocenters. The van der Waals surface area contributed by atoms with E-state index in [1.165, 1.54) is 30.5 Å². The van der Waals surface area contributed by atoms with Crippen molar-refractivity contribution in [2.75, 3.05) is 19.7 Å². The fourth-order valence-electron chi connectivity index (χ4n) is 2.24. The van der Waals surface area contributed by atoms with Crippen LogP contribution in [0.25, 0.3) is 0 Å². The Kier molecular flexibility index (Phi) is 8.00. The maximum Gasteiger partial charge on any atom is 0.422 e. The Labute approximate surface area is 171 Å². The molecule has 3 N–H and O–H groups in total. The maximum atomic E-state index is 12.3. The van der Waals surface area contributed by atoms with E-state index < -0.39 is 28.8 Å². The summed E-state index contributed by atoms with van der Waals surface area (Å²) >= 11 is 0. The molecule has 0 saturated carbocycles. The van der Waals surface area contributed by atoms with Crippen molar-refractivity contribution in [1.82, 2.24) is 20.3 Å². The monoisotopic (exact) mass is 446 g/mol. The zero-order valence-corrected chi connectivity index (χ0v) is 16.8. The molecule has 0 spiro atoms. The van der Waals surface area contributed by atoms with Gasteiger partial charge >= 0.3 is 12.2 Å². The van der Waals surface area contributed by atoms with Gasteiger partial charge in [-0.2, -0.15) is 13.2 Å². The number of aromatic nitrogens is 1. The number of ether oxygens (including phenoxy) is 1. The lowest BCUT2D eigenvalue weighted by molar-refractivity contribution is -0.154. The van der Waals surface area contributed by atoms with Crippen LogP contribution in [0.15, 0.2) is 47.5 Å². The molecule has 2 aromatic rings. The number of pyridine rings is 1. The minimum Gasteiger partial charge on any atom is -0.468 e. The first-order valence-electron chi connectivity index (χ1n) is 8.78. The first-order chi connectivity index (χ1) is 14.1. The number of hydrogen-bond acceptors (Lipinski definition) is 5. The van der Waals surface area contributed by atoms with Crippen molar-refractivity contribution in [3.8, 4) is 5.88 Å². The fourth-order valence-corrected chi connectivity index (χ4v) is 3.27. The molecule has 0 aliphatic carbocycles. The summed E-state index contributed by atoms with van der Waals surface area (Å²) in [7, 11) is -3.69. The summed E-state index contributed by atoms with van der Waals surface area (Å²) in [4.78, 5) is 15.7. The van der Waals surface area contributed by atoms with Crippen LogP contribution in [-0.2, 0) is 16.6 Å². The number of sulfonamides is 1. The zero-order valence-electron chi connectivity index (χ0n) is 16.0. The Hall–Kier alpha value is -2.86. The van der Waals surface area contributed by atoms with Gasteiger partial charge in [-0.05, 0) is 25.1 Å². The average molecular weight is 446 g/mol. The zero-order chi connectivity index (χ0) is 22.2. The molecule has 1 heterocycles. The van der Waals surface area contributed by atoms with Crippen molar-refractivity contribution in [3.63, 3.8) is 0 Å². The van der Waals surface area contributed by atoms with Crippen molar-refractivity contribution < 1.29 is 31.1 Å². The highest BCUT2D eigenvalue weighted by molar-refractivity contribution is 7.89. The third-order valence-electron chi connectivity index (χ3n) is 3.70. The summed E-state index contributed by atoms with van der Waals surface area (Å²) in [5.41, 5.74) is 1.19. The molecule has 1 aromatic carbocycles. The lowest BCUT2D eigenvalue weighted by Crippen LogP contribution is -2.40. The lowest BCUT2D eigenvalue weighted by Gasteiger charge is -2.13. The number of rotatable bonds is 9. The molecule has 0 saturated heterocycles. The average Bonchev–Trinajstić information content (AvgIpc) is 2.68. The summed E-state index contributed by atoms with van der Waals surface area (Å²) in [6, 6.07) is 8.63. The largest absolute Gasteiger partial charge is 0.468 e. The number of carbonyl (C=O) groups is 1. The number of aryl methyl sites for hydroxylation is 1. The van der Waals surface area contributed by atoms with Crippen LogP contribution in [0.4, 0.5) is 18.0 Å². The highest BCUT2D eigenvalue weighted by atomic mass is 32.2. The fraction of sp³-hybridized carbons (Fsp3) is 0.333. The molecule has 2 rings (SSSR count). The van der Waals surface area contributed by atoms with E-state index in [4.69, 9.17) is 0 Å². The maximum absolute atomic E-state index is 12.3. The number of urea groups is 1. The molecule has 30 heavy (non-hydrogen) atoms. The second kappa shape index (κ2) is 10.3. The molecule has 12 heteroatoms. The number of nitrogens with zero attached hydrogens (tertiary/aromatic N) is 1. The highest BCUT2D eigenvalue weighted by Gasteiger charge is 2.29. The topological polar surface area (TPSA) is 109 Å². The quantitative estimate of drug-likeness (QED) is 0.511. The van der Waals surface area contributed by atoms with Crippen molar-refractivity contribution in [2.45, 2.75) is 24.5 Å². The van der Waals surface area contributed by atoms with Crippen molar-refractivity contribution in [3.05, 3.63) is 53.7 Å². The molecule has 2 amide bonds. The molecule has 0 fully saturated rings. The molecular weight excluding hydrogens is 425 g/mol. The van der Waals surface area contributed by atoms with Crippen molar-refractivity contribution in [1.29, 1.82) is 0 Å². The number of nitrogens with one attached hydrogen (secondary N) is 3. The Morgan fingerprint density at radius 2 is 1.80 bits per heavy atom. The third kappa shape index (κ3) is 7.87. The first kappa shape index (κ1) is 23.4. The molecule has 0 bridgehead atoms. The van der Waals surface area contributed by atoms with E-state index in [2.05, 4.69) is 25.1 Å². The Morgan fingerprint density at radius 1 is 1.10 bits per heavy atom. The smallest absolute Gasteiger partial charge is 0.422 e. The summed E-state index contributed by atoms with van der Waals surface area (Å²) < 4.78 is 68.1. The van der Waals surface area contributed by atoms with Gasteiger partial charge in [-0.3, -0.25) is 0 Å². The van der Waals surface area contributed by atoms with Gasteiger partial charge in [-0.1, -0.05) is 23.8 Å². The van der Waals surface area contributed by atoms with E-state index in [9.17, 15) is 26.4 Å². The summed E-state index contributed by atoms with van der Waals surface area (Å²) in [6.07, 6.45) is -3.24. The van der Waals surface area contributed by atoms with E-state index in [0.717, 1.165) is 5.56 Å². The van der Waals surface area contributed by atoms with Gasteiger partial charge in [0, 0.05) is 31.4 Å². The standard InChI is InChI=1S/C18H21F3N4O4S/c1-13-4-6-15(7-5-13)30(27,28)25-10-9-23-17(26)24-11-14-3-2-8-22-16(14)29-12-18(19,20)21/h2-8,25H,9-12H2,1H3,(H2,23,24,26). The summed E-state index contributed by atoms with van der Waals surface area (Å²) in [5.74, 6) is -0.235. The van der Waals surface area contributed by atoms with Gasteiger partial charge in [0.15, 0.2) is 6.61 Å². The minimum atomic E-state index is -4.51. The van der Waals surface area contributed by atoms with E-state index in [0.29, 0.717) is 0 Å². The molecular formula is C18H21F3N4O4S. The molecule has 8 nitrogen and oxygen atoms in total. The molecule has 0 radical (unpaired) electrons. The van der Waals surface area contributed by atoms with Crippen LogP contribution in [-0.4, -0.2) is 45.3 Å². The minimum absolute atomic E-state index is 0.00138. The third-order valence-corrected chi connectivity index (χ3v) is 5.17. The van der Waals surface area contributed by atoms with Crippen LogP contribution in [0.5, 0.6) is 5.88 Å². The summed E-state index contributed by atoms with van der Waals surface area (Å²) in [5, 5.41) is 4.89. The van der Waals surface area contributed by atoms with Gasteiger partial charge in [0.1, 0.15) is 0 Å². The van der Waals surface area contributed by atoms with Gasteiger partial charge < -0.3 is 15.4 Å². The van der Waals surface area contributed by atoms with Gasteiger partial charge in [-0.25, -0.2) is 22.9 Å². The predicted octanol–water partition coefficient (Wildman–Crippen LogP) is 2.11. The first-order valence-corrected chi connectivity index (χ1v) is 10.3. The van der Waals surface area contributed by atoms with Crippen LogP contribution in [0, 0.1) is 6.92 Å². The molecule has 1 aromatic heterocycles. The van der Waals surface area contributed by atoms with Crippen LogP contribution >= 0.6 is 0 Å². The van der Waals surface area contributed by atoms with Gasteiger partial charge in [0.25, 0.3) is 0 Å². The van der Waals surface area contributed by atoms with Gasteiger partial charge in [0.2, 0.25) is 15.9 Å². The number of carbonyl (C=O) groups excluding carboxylic acids is 1. The van der Waals surface area contributed by atoms with E-state index in [1.807, 2.05) is 6.92 Å². The van der Waals surface area contributed by atoms with Crippen molar-refractivity contribution in [2.24, 2.45) is 0 Å². The second-order valence-corrected chi connectivity index (χ2v) is 7.96. The van der Waals surface area contributed by atoms with E-state index in [-0.39, 0.29) is 36.0 Å². The number of hydrogen-bond donors (Lipinski definition) is 3. The Balaban J connectivity index is 1.76. The number of halogens is 3. The van der Waals surface area contributed by atoms with Crippen LogP contribution in [0.2, 0.25) is 0 Å². The summed E-state index contributed by atoms with van der Waals surface area (Å²) in [6.45, 7) is 0.174. The van der Waals surface area contributed by atoms with E-state index in [1.54, 1.807) is 12.1 Å². The number of amides is 2. The number of benzene rings is 1. The second-order valence-electron chi connectivity index (χ2n) is 6.19. The van der Waals surface area contributed by atoms with Crippen LogP contribution in [0.3, 0.4) is 0 Å². The van der Waals surface area contributed by atoms with Crippen LogP contribution in [0.1, 0.15) is 11.1 Å². The van der Waals surface area contributed by atoms with Crippen LogP contribution < -0.4 is 20.1 Å². The normalized spacial score (nSPS) is 11.7. The predicted molar refractivity (Wildman–Crippen MR) is 102 cm³/mol. The SMILES string of the molecule is Cc1ccc(S(=O)(=O)NCCNC(=O)NCc2cccnc2OCC(F)(F)F)cc1. The Morgan fingerprint density at radius 3 is 2.47 bits per heavy atom. The molecule has 0 aliphatic rings. The lowest BCUT2D eigenvalue weighted by atomic mass is 10.2. The van der Waals surface area contributed by atoms with Gasteiger partial charge in [0.05, 0.1) is 4.90 Å². The van der Waals surface area contributed by atoms with Crippen molar-refractivity contribution >= 4 is 16.1 Å². The molecule has 0 aliphatic heterocycles. The number of alkyl halides is 3. The highest BCUT2D eigenvalue weighted by Crippen LogP contribution is 2.19. The molecule has 0 atom stereocenters.